The van der Waals surface area contributed by atoms with Crippen molar-refractivity contribution in [3.8, 4) is 11.5 Å². The number of benzene rings is 1. The van der Waals surface area contributed by atoms with Crippen LogP contribution in [-0.4, -0.2) is 33.3 Å². The van der Waals surface area contributed by atoms with Gasteiger partial charge in [-0.1, -0.05) is 0 Å². The number of amides is 1. The van der Waals surface area contributed by atoms with Crippen LogP contribution in [0.2, 0.25) is 0 Å². The van der Waals surface area contributed by atoms with Crippen molar-refractivity contribution < 1.29 is 19.0 Å². The van der Waals surface area contributed by atoms with Gasteiger partial charge in [-0.3, -0.25) is 4.79 Å². The summed E-state index contributed by atoms with van der Waals surface area (Å²) in [6.45, 7) is 0.492. The lowest BCUT2D eigenvalue weighted by molar-refractivity contribution is -0.133. The molecule has 98 valence electrons. The molecule has 1 aromatic carbocycles. The topological polar surface area (TPSA) is 56.8 Å². The second kappa shape index (κ2) is 5.58. The zero-order chi connectivity index (χ0) is 13.1. The van der Waals surface area contributed by atoms with Gasteiger partial charge in [-0.2, -0.15) is 0 Å². The average molecular weight is 316 g/mol. The predicted molar refractivity (Wildman–Crippen MR) is 68.9 cm³/mol. The number of hydrogen-bond donors (Lipinski definition) is 1. The van der Waals surface area contributed by atoms with Gasteiger partial charge in [-0.15, -0.1) is 0 Å². The second-order valence-electron chi connectivity index (χ2n) is 3.83. The van der Waals surface area contributed by atoms with Crippen LogP contribution in [-0.2, 0) is 9.53 Å². The first kappa shape index (κ1) is 13.2. The van der Waals surface area contributed by atoms with Gasteiger partial charge >= 0.3 is 0 Å². The van der Waals surface area contributed by atoms with Crippen molar-refractivity contribution in [1.29, 1.82) is 0 Å². The third-order valence-electron chi connectivity index (χ3n) is 2.75. The van der Waals surface area contributed by atoms with Gasteiger partial charge in [-0.25, -0.2) is 0 Å². The van der Waals surface area contributed by atoms with Crippen molar-refractivity contribution in [2.45, 2.75) is 6.10 Å². The van der Waals surface area contributed by atoms with E-state index in [0.717, 1.165) is 10.0 Å². The lowest BCUT2D eigenvalue weighted by atomic mass is 10.1. The van der Waals surface area contributed by atoms with Crippen LogP contribution < -0.4 is 14.8 Å². The van der Waals surface area contributed by atoms with Crippen molar-refractivity contribution in [1.82, 2.24) is 5.32 Å². The molecule has 0 radical (unpaired) electrons. The molecular formula is C12H14BrNO4. The fraction of sp³-hybridized carbons (Fsp3) is 0.417. The molecule has 1 aliphatic rings. The van der Waals surface area contributed by atoms with E-state index in [1.54, 1.807) is 14.2 Å². The fourth-order valence-electron chi connectivity index (χ4n) is 1.83. The molecule has 0 aliphatic carbocycles. The van der Waals surface area contributed by atoms with E-state index in [-0.39, 0.29) is 18.6 Å². The van der Waals surface area contributed by atoms with Crippen LogP contribution in [0.15, 0.2) is 16.6 Å². The Hall–Kier alpha value is -1.27. The summed E-state index contributed by atoms with van der Waals surface area (Å²) in [5.41, 5.74) is 0.859. The Morgan fingerprint density at radius 3 is 2.61 bits per heavy atom. The molecule has 0 unspecified atom stereocenters. The van der Waals surface area contributed by atoms with Crippen LogP contribution >= 0.6 is 15.9 Å². The molecule has 1 atom stereocenters. The maximum Gasteiger partial charge on any atom is 0.246 e. The monoisotopic (exact) mass is 315 g/mol. The van der Waals surface area contributed by atoms with Crippen molar-refractivity contribution in [2.24, 2.45) is 0 Å². The summed E-state index contributed by atoms with van der Waals surface area (Å²) in [7, 11) is 3.19. The molecule has 6 heteroatoms. The van der Waals surface area contributed by atoms with Crippen LogP contribution in [0.1, 0.15) is 11.7 Å². The van der Waals surface area contributed by atoms with E-state index in [1.165, 1.54) is 0 Å². The number of nitrogens with one attached hydrogen (secondary N) is 1. The summed E-state index contributed by atoms with van der Waals surface area (Å²) in [5.74, 6) is 1.30. The highest BCUT2D eigenvalue weighted by Crippen LogP contribution is 2.37. The highest BCUT2D eigenvalue weighted by Gasteiger charge is 2.24. The van der Waals surface area contributed by atoms with Gasteiger partial charge in [0.2, 0.25) is 5.91 Å². The number of morpholine rings is 1. The summed E-state index contributed by atoms with van der Waals surface area (Å²) in [5, 5.41) is 2.76. The van der Waals surface area contributed by atoms with Gasteiger partial charge in [0.1, 0.15) is 24.2 Å². The number of carbonyl (C=O) groups excluding carboxylic acids is 1. The summed E-state index contributed by atoms with van der Waals surface area (Å²) >= 11 is 3.40. The van der Waals surface area contributed by atoms with Gasteiger partial charge in [0.25, 0.3) is 0 Å². The van der Waals surface area contributed by atoms with E-state index in [9.17, 15) is 4.79 Å². The third kappa shape index (κ3) is 2.59. The first-order valence-corrected chi connectivity index (χ1v) is 6.24. The van der Waals surface area contributed by atoms with E-state index in [2.05, 4.69) is 21.2 Å². The minimum atomic E-state index is -0.223. The molecular weight excluding hydrogens is 302 g/mol. The lowest BCUT2D eigenvalue weighted by Gasteiger charge is -2.25. The van der Waals surface area contributed by atoms with E-state index < -0.39 is 0 Å². The van der Waals surface area contributed by atoms with E-state index in [0.29, 0.717) is 18.0 Å². The highest BCUT2D eigenvalue weighted by atomic mass is 79.9. The minimum Gasteiger partial charge on any atom is -0.496 e. The number of methoxy groups -OCH3 is 2. The van der Waals surface area contributed by atoms with Crippen molar-refractivity contribution in [2.75, 3.05) is 27.4 Å². The molecule has 0 spiro atoms. The molecule has 1 amide bonds. The minimum absolute atomic E-state index is 0.0617. The van der Waals surface area contributed by atoms with Gasteiger partial charge in [-0.05, 0) is 28.1 Å². The Morgan fingerprint density at radius 1 is 1.33 bits per heavy atom. The first-order valence-electron chi connectivity index (χ1n) is 5.45. The summed E-state index contributed by atoms with van der Waals surface area (Å²) < 4.78 is 16.9. The van der Waals surface area contributed by atoms with Crippen LogP contribution in [0.3, 0.4) is 0 Å². The van der Waals surface area contributed by atoms with Crippen molar-refractivity contribution in [3.63, 3.8) is 0 Å². The molecule has 18 heavy (non-hydrogen) atoms. The molecule has 0 aromatic heterocycles. The second-order valence-corrected chi connectivity index (χ2v) is 4.69. The molecule has 1 heterocycles. The molecule has 1 aromatic rings. The number of ether oxygens (including phenoxy) is 3. The van der Waals surface area contributed by atoms with Crippen LogP contribution in [0.5, 0.6) is 11.5 Å². The van der Waals surface area contributed by atoms with E-state index in [4.69, 9.17) is 14.2 Å². The Labute approximate surface area is 114 Å². The maximum absolute atomic E-state index is 11.1. The highest BCUT2D eigenvalue weighted by molar-refractivity contribution is 9.10. The lowest BCUT2D eigenvalue weighted by Crippen LogP contribution is -2.38. The quantitative estimate of drug-likeness (QED) is 0.921. The van der Waals surface area contributed by atoms with Crippen LogP contribution in [0, 0.1) is 0 Å². The molecule has 1 saturated heterocycles. The fourth-order valence-corrected chi connectivity index (χ4v) is 2.31. The summed E-state index contributed by atoms with van der Waals surface area (Å²) in [4.78, 5) is 11.1. The van der Waals surface area contributed by atoms with Crippen LogP contribution in [0.25, 0.3) is 0 Å². The molecule has 0 bridgehead atoms. The van der Waals surface area contributed by atoms with Gasteiger partial charge in [0, 0.05) is 12.1 Å². The Balaban J connectivity index is 2.33. The largest absolute Gasteiger partial charge is 0.496 e. The standard InChI is InChI=1S/C12H14BrNO4/c1-16-9-4-8(13)10(17-2)3-7(9)11-5-14-12(15)6-18-11/h3-4,11H,5-6H2,1-2H3,(H,14,15)/t11-/m0/s1. The Morgan fingerprint density at radius 2 is 2.06 bits per heavy atom. The van der Waals surface area contributed by atoms with Gasteiger partial charge < -0.3 is 19.5 Å². The van der Waals surface area contributed by atoms with Crippen molar-refractivity contribution >= 4 is 21.8 Å². The summed E-state index contributed by atoms with van der Waals surface area (Å²) in [6, 6.07) is 3.68. The molecule has 1 N–H and O–H groups in total. The third-order valence-corrected chi connectivity index (χ3v) is 3.37. The number of rotatable bonds is 3. The zero-order valence-corrected chi connectivity index (χ0v) is 11.7. The number of carbonyl (C=O) groups is 1. The molecule has 0 saturated carbocycles. The first-order chi connectivity index (χ1) is 8.65. The van der Waals surface area contributed by atoms with E-state index >= 15 is 0 Å². The predicted octanol–water partition coefficient (Wildman–Crippen LogP) is 1.65. The van der Waals surface area contributed by atoms with Crippen LogP contribution in [0.4, 0.5) is 0 Å². The van der Waals surface area contributed by atoms with Gasteiger partial charge in [0.05, 0.1) is 18.7 Å². The Kier molecular flexibility index (Phi) is 4.08. The number of hydrogen-bond acceptors (Lipinski definition) is 4. The summed E-state index contributed by atoms with van der Waals surface area (Å²) in [6.07, 6.45) is -0.223. The zero-order valence-electron chi connectivity index (χ0n) is 10.2. The SMILES string of the molecule is COc1cc([C@@H]2CNC(=O)CO2)c(OC)cc1Br. The molecule has 2 rings (SSSR count). The maximum atomic E-state index is 11.1. The van der Waals surface area contributed by atoms with Gasteiger partial charge in [0.15, 0.2) is 0 Å². The normalized spacial score (nSPS) is 19.3. The Bertz CT molecular complexity index is 454. The number of halogens is 1. The smallest absolute Gasteiger partial charge is 0.246 e. The molecule has 1 fully saturated rings. The van der Waals surface area contributed by atoms with E-state index in [1.807, 2.05) is 12.1 Å². The van der Waals surface area contributed by atoms with Crippen molar-refractivity contribution in [3.05, 3.63) is 22.2 Å². The molecule has 1 aliphatic heterocycles. The molecule has 5 nitrogen and oxygen atoms in total. The average Bonchev–Trinajstić information content (AvgIpc) is 2.39.